The Morgan fingerprint density at radius 1 is 0.900 bits per heavy atom. The smallest absolute Gasteiger partial charge is 0.113 e. The molecular formula is C17H13BrFeO-6. The van der Waals surface area contributed by atoms with Crippen LogP contribution in [0.25, 0.3) is 0 Å². The molecule has 3 heteroatoms. The molecule has 0 unspecified atom stereocenters. The zero-order valence-corrected chi connectivity index (χ0v) is 13.3. The van der Waals surface area contributed by atoms with Crippen molar-refractivity contribution in [1.29, 1.82) is 0 Å². The van der Waals surface area contributed by atoms with E-state index in [2.05, 4.69) is 15.9 Å². The first-order chi connectivity index (χ1) is 9.29. The standard InChI is InChI=1S/C12H8BrO.C5H5.Fe/c13-11-8-4-3-7-10(11)12(14)9-5-1-2-6-9;1-2-4-5-3-1;/h1-8H;1-5H;/q-1;-5;. The van der Waals surface area contributed by atoms with E-state index in [0.717, 1.165) is 10.0 Å². The van der Waals surface area contributed by atoms with Gasteiger partial charge in [-0.3, -0.25) is 0 Å². The molecule has 0 atom stereocenters. The number of benzene rings is 1. The van der Waals surface area contributed by atoms with Gasteiger partial charge in [0.25, 0.3) is 0 Å². The zero-order valence-electron chi connectivity index (χ0n) is 10.6. The molecular weight excluding hydrogens is 356 g/mol. The molecule has 108 valence electrons. The SMILES string of the molecule is O=C(c1ccccc1Br)[c-]1cccc1.[Fe].[cH-]1[cH-][cH-][cH-][cH-]1. The van der Waals surface area contributed by atoms with Crippen molar-refractivity contribution in [2.24, 2.45) is 0 Å². The molecule has 0 aliphatic rings. The molecule has 0 aliphatic carbocycles. The maximum Gasteiger partial charge on any atom is 0.113 e. The fraction of sp³-hybridized carbons (Fsp3) is 0. The number of carbonyl (C=O) groups excluding carboxylic acids is 1. The molecule has 0 heterocycles. The molecule has 0 saturated heterocycles. The second-order valence-corrected chi connectivity index (χ2v) is 4.80. The summed E-state index contributed by atoms with van der Waals surface area (Å²) in [7, 11) is 0. The molecule has 3 aromatic carbocycles. The van der Waals surface area contributed by atoms with E-state index in [4.69, 9.17) is 0 Å². The van der Waals surface area contributed by atoms with E-state index >= 15 is 0 Å². The van der Waals surface area contributed by atoms with Gasteiger partial charge in [-0.2, -0.15) is 12.1 Å². The number of carbonyl (C=O) groups is 1. The Kier molecular flexibility index (Phi) is 7.24. The van der Waals surface area contributed by atoms with Gasteiger partial charge in [0.05, 0.1) is 0 Å². The van der Waals surface area contributed by atoms with E-state index in [9.17, 15) is 4.79 Å². The molecule has 20 heavy (non-hydrogen) atoms. The van der Waals surface area contributed by atoms with Crippen LogP contribution in [0.5, 0.6) is 0 Å². The molecule has 3 rings (SSSR count). The Bertz CT molecular complexity index is 595. The number of ketones is 1. The summed E-state index contributed by atoms with van der Waals surface area (Å²) in [5.41, 5.74) is 1.44. The van der Waals surface area contributed by atoms with Crippen LogP contribution in [0.15, 0.2) is 83.3 Å². The number of hydrogen-bond acceptors (Lipinski definition) is 1. The third-order valence-corrected chi connectivity index (χ3v) is 3.29. The molecule has 0 fully saturated rings. The zero-order chi connectivity index (χ0) is 13.5. The van der Waals surface area contributed by atoms with Gasteiger partial charge in [0.15, 0.2) is 0 Å². The van der Waals surface area contributed by atoms with Crippen molar-refractivity contribution < 1.29 is 21.9 Å². The van der Waals surface area contributed by atoms with Crippen LogP contribution in [-0.2, 0) is 17.1 Å². The Morgan fingerprint density at radius 3 is 1.90 bits per heavy atom. The summed E-state index contributed by atoms with van der Waals surface area (Å²) in [5, 5.41) is 0. The number of halogens is 1. The molecule has 3 aromatic rings. The third kappa shape index (κ3) is 4.60. The van der Waals surface area contributed by atoms with Crippen LogP contribution in [0.4, 0.5) is 0 Å². The predicted molar refractivity (Wildman–Crippen MR) is 81.6 cm³/mol. The number of hydrogen-bond donors (Lipinski definition) is 0. The van der Waals surface area contributed by atoms with Crippen molar-refractivity contribution >= 4 is 21.7 Å². The molecule has 0 amide bonds. The summed E-state index contributed by atoms with van der Waals surface area (Å²) in [5.74, 6) is 0.0578. The van der Waals surface area contributed by atoms with Gasteiger partial charge in [0.2, 0.25) is 0 Å². The van der Waals surface area contributed by atoms with Gasteiger partial charge >= 0.3 is 0 Å². The van der Waals surface area contributed by atoms with E-state index < -0.39 is 0 Å². The van der Waals surface area contributed by atoms with Gasteiger partial charge in [-0.15, -0.1) is 12.1 Å². The van der Waals surface area contributed by atoms with Gasteiger partial charge in [0.1, 0.15) is 5.78 Å². The fourth-order valence-electron chi connectivity index (χ4n) is 1.65. The molecule has 0 spiro atoms. The molecule has 0 saturated carbocycles. The summed E-state index contributed by atoms with van der Waals surface area (Å²) >= 11 is 3.36. The van der Waals surface area contributed by atoms with Crippen LogP contribution in [-0.4, -0.2) is 5.78 Å². The van der Waals surface area contributed by atoms with Crippen molar-refractivity contribution in [3.63, 3.8) is 0 Å². The van der Waals surface area contributed by atoms with Crippen LogP contribution in [0.1, 0.15) is 15.9 Å². The summed E-state index contributed by atoms with van der Waals surface area (Å²) in [6.07, 6.45) is 0. The van der Waals surface area contributed by atoms with Crippen molar-refractivity contribution in [3.8, 4) is 0 Å². The van der Waals surface area contributed by atoms with Crippen molar-refractivity contribution in [1.82, 2.24) is 0 Å². The van der Waals surface area contributed by atoms with Gasteiger partial charge in [-0.25, -0.2) is 0 Å². The monoisotopic (exact) mass is 368 g/mol. The molecule has 0 bridgehead atoms. The maximum atomic E-state index is 11.9. The van der Waals surface area contributed by atoms with Gasteiger partial charge in [-0.05, 0) is 10.0 Å². The first-order valence-corrected chi connectivity index (χ1v) is 6.76. The van der Waals surface area contributed by atoms with Gasteiger partial charge in [0, 0.05) is 17.1 Å². The van der Waals surface area contributed by atoms with Crippen LogP contribution in [0.3, 0.4) is 0 Å². The van der Waals surface area contributed by atoms with Crippen LogP contribution < -0.4 is 0 Å². The average molecular weight is 369 g/mol. The molecule has 0 N–H and O–H groups in total. The average Bonchev–Trinajstić information content (AvgIpc) is 3.14. The minimum absolute atomic E-state index is 0. The van der Waals surface area contributed by atoms with Crippen LogP contribution >= 0.6 is 15.9 Å². The predicted octanol–water partition coefficient (Wildman–Crippen LogP) is 4.80. The minimum atomic E-state index is 0. The summed E-state index contributed by atoms with van der Waals surface area (Å²) < 4.78 is 0.839. The van der Waals surface area contributed by atoms with E-state index in [1.165, 1.54) is 0 Å². The van der Waals surface area contributed by atoms with Crippen molar-refractivity contribution in [2.45, 2.75) is 0 Å². The molecule has 0 radical (unpaired) electrons. The fourth-order valence-corrected chi connectivity index (χ4v) is 2.11. The maximum absolute atomic E-state index is 11.9. The molecule has 0 aromatic heterocycles. The van der Waals surface area contributed by atoms with Crippen LogP contribution in [0, 0.1) is 0 Å². The van der Waals surface area contributed by atoms with Gasteiger partial charge < -0.3 is 35.1 Å². The third-order valence-electron chi connectivity index (χ3n) is 2.60. The Morgan fingerprint density at radius 2 is 1.40 bits per heavy atom. The molecule has 1 nitrogen and oxygen atoms in total. The summed E-state index contributed by atoms with van der Waals surface area (Å²) in [6.45, 7) is 0. The topological polar surface area (TPSA) is 17.1 Å². The molecule has 0 aliphatic heterocycles. The number of rotatable bonds is 2. The summed E-state index contributed by atoms with van der Waals surface area (Å²) in [6, 6.07) is 24.8. The normalized spacial score (nSPS) is 9.05. The Labute approximate surface area is 138 Å². The second-order valence-electron chi connectivity index (χ2n) is 3.94. The first-order valence-electron chi connectivity index (χ1n) is 5.96. The second kappa shape index (κ2) is 8.70. The van der Waals surface area contributed by atoms with Crippen molar-refractivity contribution in [3.05, 3.63) is 94.5 Å². The van der Waals surface area contributed by atoms with Crippen molar-refractivity contribution in [2.75, 3.05) is 0 Å². The Balaban J connectivity index is 0.000000283. The first kappa shape index (κ1) is 16.6. The van der Waals surface area contributed by atoms with Gasteiger partial charge in [-0.1, -0.05) is 45.8 Å². The van der Waals surface area contributed by atoms with E-state index in [1.807, 2.05) is 78.9 Å². The minimum Gasteiger partial charge on any atom is -0.748 e. The van der Waals surface area contributed by atoms with E-state index in [0.29, 0.717) is 5.56 Å². The van der Waals surface area contributed by atoms with E-state index in [-0.39, 0.29) is 22.9 Å². The largest absolute Gasteiger partial charge is 0.748 e. The van der Waals surface area contributed by atoms with E-state index in [1.54, 1.807) is 0 Å². The quantitative estimate of drug-likeness (QED) is 0.360. The summed E-state index contributed by atoms with van der Waals surface area (Å²) in [4.78, 5) is 11.9. The Hall–Kier alpha value is -1.41. The van der Waals surface area contributed by atoms with Crippen LogP contribution in [0.2, 0.25) is 0 Å².